The Labute approximate surface area is 167 Å². The number of aliphatic hydroxyl groups is 1. The molecule has 2 heterocycles. The van der Waals surface area contributed by atoms with Crippen molar-refractivity contribution in [2.24, 2.45) is 0 Å². The molecule has 6 N–H and O–H groups in total. The summed E-state index contributed by atoms with van der Waals surface area (Å²) in [5.41, 5.74) is 9.99. The first-order valence-electron chi connectivity index (χ1n) is 9.75. The number of aromatic nitrogens is 3. The highest BCUT2D eigenvalue weighted by molar-refractivity contribution is 5.76. The fraction of sp³-hybridized carbons (Fsp3) is 0.550. The Bertz CT molecular complexity index is 792. The van der Waals surface area contributed by atoms with Crippen molar-refractivity contribution in [1.82, 2.24) is 15.0 Å². The maximum Gasteiger partial charge on any atom is 0.227 e. The maximum absolute atomic E-state index is 9.94. The fourth-order valence-corrected chi connectivity index (χ4v) is 2.87. The molecule has 0 aliphatic heterocycles. The summed E-state index contributed by atoms with van der Waals surface area (Å²) < 4.78 is 0. The lowest BCUT2D eigenvalue weighted by molar-refractivity contribution is 0.169. The predicted molar refractivity (Wildman–Crippen MR) is 116 cm³/mol. The molecule has 0 fully saturated rings. The van der Waals surface area contributed by atoms with Gasteiger partial charge in [-0.25, -0.2) is 0 Å². The molecule has 0 amide bonds. The zero-order valence-electron chi connectivity index (χ0n) is 17.7. The van der Waals surface area contributed by atoms with E-state index in [9.17, 15) is 5.11 Å². The van der Waals surface area contributed by atoms with Gasteiger partial charge in [-0.2, -0.15) is 9.97 Å². The molecular formula is C20H33N7O. The van der Waals surface area contributed by atoms with Crippen LogP contribution in [-0.2, 0) is 6.54 Å². The summed E-state index contributed by atoms with van der Waals surface area (Å²) in [7, 11) is 0. The Morgan fingerprint density at radius 1 is 1.11 bits per heavy atom. The Hall–Kier alpha value is -2.61. The first-order valence-corrected chi connectivity index (χ1v) is 9.75. The summed E-state index contributed by atoms with van der Waals surface area (Å²) in [4.78, 5) is 13.4. The monoisotopic (exact) mass is 387 g/mol. The van der Waals surface area contributed by atoms with Gasteiger partial charge in [0.05, 0.1) is 12.1 Å². The van der Waals surface area contributed by atoms with Crippen LogP contribution in [0.5, 0.6) is 0 Å². The van der Waals surface area contributed by atoms with Crippen molar-refractivity contribution in [3.63, 3.8) is 0 Å². The van der Waals surface area contributed by atoms with Crippen LogP contribution < -0.4 is 21.7 Å². The van der Waals surface area contributed by atoms with E-state index in [4.69, 9.17) is 5.73 Å². The van der Waals surface area contributed by atoms with Crippen molar-refractivity contribution in [3.05, 3.63) is 29.1 Å². The van der Waals surface area contributed by atoms with E-state index in [1.807, 2.05) is 40.0 Å². The summed E-state index contributed by atoms with van der Waals surface area (Å²) in [5, 5.41) is 19.7. The molecule has 0 saturated heterocycles. The Morgan fingerprint density at radius 3 is 2.36 bits per heavy atom. The normalized spacial score (nSPS) is 13.3. The minimum Gasteiger partial charge on any atom is -0.393 e. The smallest absolute Gasteiger partial charge is 0.227 e. The van der Waals surface area contributed by atoms with Crippen LogP contribution in [0.2, 0.25) is 0 Å². The van der Waals surface area contributed by atoms with Crippen molar-refractivity contribution in [2.75, 3.05) is 21.7 Å². The number of aryl methyl sites for hydroxylation is 2. The predicted octanol–water partition coefficient (Wildman–Crippen LogP) is 3.07. The average Bonchev–Trinajstić information content (AvgIpc) is 2.61. The van der Waals surface area contributed by atoms with Crippen molar-refractivity contribution in [1.29, 1.82) is 0 Å². The van der Waals surface area contributed by atoms with Gasteiger partial charge in [-0.05, 0) is 58.2 Å². The van der Waals surface area contributed by atoms with E-state index < -0.39 is 6.10 Å². The van der Waals surface area contributed by atoms with Gasteiger partial charge in [-0.15, -0.1) is 0 Å². The zero-order chi connectivity index (χ0) is 20.8. The van der Waals surface area contributed by atoms with Crippen LogP contribution in [0.4, 0.5) is 23.3 Å². The highest BCUT2D eigenvalue weighted by Crippen LogP contribution is 2.27. The third-order valence-corrected chi connectivity index (χ3v) is 4.51. The van der Waals surface area contributed by atoms with Crippen LogP contribution in [0, 0.1) is 13.8 Å². The molecule has 2 aromatic heterocycles. The molecule has 0 saturated carbocycles. The van der Waals surface area contributed by atoms with Crippen molar-refractivity contribution >= 4 is 23.3 Å². The van der Waals surface area contributed by atoms with Crippen molar-refractivity contribution in [2.45, 2.75) is 72.7 Å². The second-order valence-electron chi connectivity index (χ2n) is 7.46. The van der Waals surface area contributed by atoms with Gasteiger partial charge in [-0.1, -0.05) is 6.92 Å². The number of nitrogens with two attached hydrogens (primary N) is 1. The molecule has 2 atom stereocenters. The zero-order valence-corrected chi connectivity index (χ0v) is 17.7. The third kappa shape index (κ3) is 5.69. The van der Waals surface area contributed by atoms with E-state index in [-0.39, 0.29) is 12.1 Å². The van der Waals surface area contributed by atoms with Crippen molar-refractivity contribution < 1.29 is 5.11 Å². The molecule has 0 aliphatic carbocycles. The molecule has 0 spiro atoms. The molecule has 2 rings (SSSR count). The molecule has 8 nitrogen and oxygen atoms in total. The number of nitrogens with zero attached hydrogens (tertiary/aromatic N) is 3. The molecule has 154 valence electrons. The number of aliphatic hydroxyl groups excluding tert-OH is 1. The molecule has 0 unspecified atom stereocenters. The number of rotatable bonds is 9. The van der Waals surface area contributed by atoms with Gasteiger partial charge in [0, 0.05) is 24.5 Å². The highest BCUT2D eigenvalue weighted by Gasteiger charge is 2.18. The quantitative estimate of drug-likeness (QED) is 0.445. The summed E-state index contributed by atoms with van der Waals surface area (Å²) in [6, 6.07) is 2.07. The number of hydrogen-bond donors (Lipinski definition) is 5. The number of pyridine rings is 1. The van der Waals surface area contributed by atoms with Crippen molar-refractivity contribution in [3.8, 4) is 0 Å². The highest BCUT2D eigenvalue weighted by atomic mass is 16.3. The minimum absolute atomic E-state index is 0.146. The Balaban J connectivity index is 2.30. The van der Waals surface area contributed by atoms with Crippen LogP contribution in [0.1, 0.15) is 50.9 Å². The van der Waals surface area contributed by atoms with Crippen LogP contribution in [0.3, 0.4) is 0 Å². The van der Waals surface area contributed by atoms with Crippen LogP contribution in [-0.4, -0.2) is 38.2 Å². The minimum atomic E-state index is -0.523. The first kappa shape index (κ1) is 21.7. The molecule has 0 bridgehead atoms. The molecule has 0 aliphatic rings. The lowest BCUT2D eigenvalue weighted by Crippen LogP contribution is -2.31. The second kappa shape index (κ2) is 9.54. The van der Waals surface area contributed by atoms with Crippen LogP contribution >= 0.6 is 0 Å². The summed E-state index contributed by atoms with van der Waals surface area (Å²) in [6.07, 6.45) is 2.09. The fourth-order valence-electron chi connectivity index (χ4n) is 2.87. The molecule has 0 aromatic carbocycles. The molecule has 8 heteroatoms. The van der Waals surface area contributed by atoms with Gasteiger partial charge < -0.3 is 26.8 Å². The van der Waals surface area contributed by atoms with Gasteiger partial charge in [0.15, 0.2) is 11.6 Å². The average molecular weight is 388 g/mol. The van der Waals surface area contributed by atoms with E-state index in [0.717, 1.165) is 23.2 Å². The number of anilines is 4. The SMILES string of the molecule is CC[C@H](Nc1nc(NCc2cnc(C)cc2C)c(N)c(NC(C)C)n1)[C@@H](C)O. The van der Waals surface area contributed by atoms with Gasteiger partial charge >= 0.3 is 0 Å². The summed E-state index contributed by atoms with van der Waals surface area (Å²) in [6.45, 7) is 12.4. The van der Waals surface area contributed by atoms with E-state index in [2.05, 4.69) is 37.8 Å². The molecule has 0 radical (unpaired) electrons. The Kier molecular flexibility index (Phi) is 7.39. The molecule has 2 aromatic rings. The van der Waals surface area contributed by atoms with Gasteiger partial charge in [0.25, 0.3) is 0 Å². The number of hydrogen-bond acceptors (Lipinski definition) is 8. The standard InChI is InChI=1S/C20H33N7O/c1-7-16(14(6)28)25-20-26-18(17(21)19(27-20)24-11(2)3)23-10-15-9-22-13(5)8-12(15)4/h8-9,11,14,16,28H,7,10,21H2,1-6H3,(H3,23,24,25,26,27)/t14-,16+/m1/s1. The molecular weight excluding hydrogens is 354 g/mol. The van der Waals surface area contributed by atoms with E-state index in [1.165, 1.54) is 0 Å². The van der Waals surface area contributed by atoms with Crippen LogP contribution in [0.15, 0.2) is 12.3 Å². The largest absolute Gasteiger partial charge is 0.393 e. The van der Waals surface area contributed by atoms with Gasteiger partial charge in [0.2, 0.25) is 5.95 Å². The van der Waals surface area contributed by atoms with Gasteiger partial charge in [-0.3, -0.25) is 4.98 Å². The first-order chi connectivity index (χ1) is 13.2. The third-order valence-electron chi connectivity index (χ3n) is 4.51. The summed E-state index contributed by atoms with van der Waals surface area (Å²) >= 11 is 0. The van der Waals surface area contributed by atoms with E-state index in [1.54, 1.807) is 6.92 Å². The molecule has 28 heavy (non-hydrogen) atoms. The maximum atomic E-state index is 9.94. The van der Waals surface area contributed by atoms with E-state index in [0.29, 0.717) is 29.8 Å². The lowest BCUT2D eigenvalue weighted by Gasteiger charge is -2.22. The lowest BCUT2D eigenvalue weighted by atomic mass is 10.1. The van der Waals surface area contributed by atoms with Gasteiger partial charge in [0.1, 0.15) is 5.69 Å². The second-order valence-corrected chi connectivity index (χ2v) is 7.46. The van der Waals surface area contributed by atoms with E-state index >= 15 is 0 Å². The van der Waals surface area contributed by atoms with Crippen LogP contribution in [0.25, 0.3) is 0 Å². The number of nitrogen functional groups attached to an aromatic ring is 1. The number of nitrogens with one attached hydrogen (secondary N) is 3. The summed E-state index contributed by atoms with van der Waals surface area (Å²) in [5.74, 6) is 1.53. The Morgan fingerprint density at radius 2 is 1.79 bits per heavy atom. The topological polar surface area (TPSA) is 121 Å².